The normalized spacial score (nSPS) is 13.2. The zero-order valence-corrected chi connectivity index (χ0v) is 15.5. The largest absolute Gasteiger partial charge is 0.384 e. The second kappa shape index (κ2) is 6.58. The lowest BCUT2D eigenvalue weighted by Gasteiger charge is -2.11. The maximum absolute atomic E-state index is 6.06. The first-order valence-corrected chi connectivity index (χ1v) is 9.10. The van der Waals surface area contributed by atoms with Crippen LogP contribution in [-0.2, 0) is 6.42 Å². The highest BCUT2D eigenvalue weighted by Gasteiger charge is 2.19. The van der Waals surface area contributed by atoms with Gasteiger partial charge < -0.3 is 5.73 Å². The summed E-state index contributed by atoms with van der Waals surface area (Å²) in [5.41, 5.74) is 9.55. The molecule has 2 N–H and O–H groups in total. The molecule has 1 aliphatic heterocycles. The third-order valence-electron chi connectivity index (χ3n) is 4.58. The Balaban J connectivity index is 1.66. The van der Waals surface area contributed by atoms with E-state index in [2.05, 4.69) is 20.3 Å². The topological polar surface area (TPSA) is 99.8 Å². The highest BCUT2D eigenvalue weighted by molar-refractivity contribution is 6.30. The highest BCUT2D eigenvalue weighted by atomic mass is 35.5. The van der Waals surface area contributed by atoms with Crippen molar-refractivity contribution in [1.29, 1.82) is 0 Å². The zero-order chi connectivity index (χ0) is 19.1. The number of benzene rings is 1. The van der Waals surface area contributed by atoms with E-state index in [1.54, 1.807) is 21.9 Å². The molecule has 0 saturated heterocycles. The second-order valence-corrected chi connectivity index (χ2v) is 6.86. The Morgan fingerprint density at radius 3 is 2.71 bits per heavy atom. The number of nitrogens with zero attached hydrogens (tertiary/aromatic N) is 7. The van der Waals surface area contributed by atoms with E-state index in [-0.39, 0.29) is 0 Å². The zero-order valence-electron chi connectivity index (χ0n) is 14.7. The van der Waals surface area contributed by atoms with Crippen molar-refractivity contribution in [3.63, 3.8) is 0 Å². The van der Waals surface area contributed by atoms with Crippen molar-refractivity contribution in [2.75, 3.05) is 5.73 Å². The van der Waals surface area contributed by atoms with Crippen molar-refractivity contribution in [3.05, 3.63) is 66.0 Å². The molecule has 138 valence electrons. The predicted octanol–water partition coefficient (Wildman–Crippen LogP) is 3.10. The molecular weight excluding hydrogens is 376 g/mol. The summed E-state index contributed by atoms with van der Waals surface area (Å²) >= 11 is 6.06. The number of hydrogen-bond acceptors (Lipinski definition) is 6. The fraction of sp³-hybridized carbons (Fsp3) is 0.105. The van der Waals surface area contributed by atoms with Crippen LogP contribution in [0.2, 0.25) is 5.02 Å². The van der Waals surface area contributed by atoms with Gasteiger partial charge in [-0.2, -0.15) is 10.2 Å². The first-order chi connectivity index (χ1) is 13.7. The lowest BCUT2D eigenvalue weighted by Crippen LogP contribution is -2.20. The number of pyridine rings is 1. The Bertz CT molecular complexity index is 1190. The predicted molar refractivity (Wildman–Crippen MR) is 107 cm³/mol. The number of aromatic nitrogens is 6. The fourth-order valence-electron chi connectivity index (χ4n) is 3.21. The minimum atomic E-state index is 0.455. The smallest absolute Gasteiger partial charge is 0.154 e. The van der Waals surface area contributed by atoms with Gasteiger partial charge in [0.1, 0.15) is 17.8 Å². The summed E-state index contributed by atoms with van der Waals surface area (Å²) in [6, 6.07) is 11.3. The Hall–Kier alpha value is -3.52. The molecule has 0 spiro atoms. The quantitative estimate of drug-likeness (QED) is 0.566. The van der Waals surface area contributed by atoms with Gasteiger partial charge in [-0.1, -0.05) is 23.7 Å². The summed E-state index contributed by atoms with van der Waals surface area (Å²) in [4.78, 5) is 4.09. The lowest BCUT2D eigenvalue weighted by molar-refractivity contribution is 0.700. The van der Waals surface area contributed by atoms with Crippen LogP contribution in [0.4, 0.5) is 5.82 Å². The molecule has 9 heteroatoms. The lowest BCUT2D eigenvalue weighted by atomic mass is 10.0. The minimum Gasteiger partial charge on any atom is -0.384 e. The van der Waals surface area contributed by atoms with Gasteiger partial charge >= 0.3 is 0 Å². The van der Waals surface area contributed by atoms with E-state index in [9.17, 15) is 0 Å². The van der Waals surface area contributed by atoms with Crippen LogP contribution in [0.25, 0.3) is 22.4 Å². The average molecular weight is 391 g/mol. The fourth-order valence-corrected chi connectivity index (χ4v) is 3.34. The first kappa shape index (κ1) is 16.6. The SMILES string of the molecule is Nc1cc(-c2cn(C3=Nn4cnnc4CC3)nc2-c2ccc(Cl)cc2)ccn1. The van der Waals surface area contributed by atoms with Crippen LogP contribution in [0.3, 0.4) is 0 Å². The molecule has 5 rings (SSSR count). The van der Waals surface area contributed by atoms with Crippen LogP contribution in [0.15, 0.2) is 60.2 Å². The van der Waals surface area contributed by atoms with Crippen LogP contribution < -0.4 is 5.73 Å². The van der Waals surface area contributed by atoms with Gasteiger partial charge in [-0.05, 0) is 29.8 Å². The number of anilines is 1. The van der Waals surface area contributed by atoms with E-state index < -0.39 is 0 Å². The molecular formula is C19H15ClN8. The Kier molecular flexibility index (Phi) is 3.91. The van der Waals surface area contributed by atoms with E-state index in [4.69, 9.17) is 22.4 Å². The van der Waals surface area contributed by atoms with E-state index in [1.165, 1.54) is 0 Å². The van der Waals surface area contributed by atoms with E-state index in [1.807, 2.05) is 42.6 Å². The van der Waals surface area contributed by atoms with Gasteiger partial charge in [0, 0.05) is 41.4 Å². The summed E-state index contributed by atoms with van der Waals surface area (Å²) in [7, 11) is 0. The third-order valence-corrected chi connectivity index (χ3v) is 4.83. The molecule has 0 bridgehead atoms. The number of aryl methyl sites for hydroxylation is 1. The molecule has 4 aromatic rings. The second-order valence-electron chi connectivity index (χ2n) is 6.42. The summed E-state index contributed by atoms with van der Waals surface area (Å²) in [5, 5.41) is 18.1. The molecule has 28 heavy (non-hydrogen) atoms. The van der Waals surface area contributed by atoms with Gasteiger partial charge in [-0.3, -0.25) is 0 Å². The molecule has 0 fully saturated rings. The number of hydrogen-bond donors (Lipinski definition) is 1. The molecule has 0 unspecified atom stereocenters. The highest BCUT2D eigenvalue weighted by Crippen LogP contribution is 2.32. The van der Waals surface area contributed by atoms with Crippen LogP contribution >= 0.6 is 11.6 Å². The maximum atomic E-state index is 6.06. The Morgan fingerprint density at radius 1 is 1.04 bits per heavy atom. The third kappa shape index (κ3) is 2.93. The Labute approximate surface area is 165 Å². The van der Waals surface area contributed by atoms with Crippen LogP contribution in [0.5, 0.6) is 0 Å². The number of nitrogens with two attached hydrogens (primary N) is 1. The van der Waals surface area contributed by atoms with Crippen LogP contribution in [0.1, 0.15) is 12.2 Å². The van der Waals surface area contributed by atoms with Crippen LogP contribution in [0, 0.1) is 0 Å². The molecule has 0 aliphatic carbocycles. The number of rotatable bonds is 2. The molecule has 8 nitrogen and oxygen atoms in total. The molecule has 0 atom stereocenters. The van der Waals surface area contributed by atoms with Gasteiger partial charge in [0.2, 0.25) is 0 Å². The average Bonchev–Trinajstić information content (AvgIpc) is 3.35. The van der Waals surface area contributed by atoms with Gasteiger partial charge in [-0.15, -0.1) is 10.2 Å². The summed E-state index contributed by atoms with van der Waals surface area (Å²) in [6.07, 6.45) is 6.73. The van der Waals surface area contributed by atoms with Crippen molar-refractivity contribution >= 4 is 23.3 Å². The molecule has 0 amide bonds. The van der Waals surface area contributed by atoms with Crippen molar-refractivity contribution in [2.24, 2.45) is 5.10 Å². The summed E-state index contributed by atoms with van der Waals surface area (Å²) in [5.74, 6) is 2.11. The van der Waals surface area contributed by atoms with Crippen molar-refractivity contribution in [2.45, 2.75) is 12.8 Å². The maximum Gasteiger partial charge on any atom is 0.154 e. The van der Waals surface area contributed by atoms with Gasteiger partial charge in [0.05, 0.1) is 0 Å². The van der Waals surface area contributed by atoms with Gasteiger partial charge in [-0.25, -0.2) is 14.3 Å². The van der Waals surface area contributed by atoms with E-state index in [0.717, 1.165) is 46.9 Å². The number of fused-ring (bicyclic) bond motifs is 1. The standard InChI is InChI=1S/C19H15ClN8/c20-14-3-1-12(2-4-14)19-15(13-7-8-22-16(21)9-13)10-27(26-19)18-6-5-17-24-23-11-28(17)25-18/h1-4,7-11H,5-6H2,(H2,21,22). The molecule has 4 heterocycles. The van der Waals surface area contributed by atoms with Crippen LogP contribution in [-0.4, -0.2) is 35.5 Å². The van der Waals surface area contributed by atoms with E-state index >= 15 is 0 Å². The van der Waals surface area contributed by atoms with Gasteiger partial charge in [0.25, 0.3) is 0 Å². The first-order valence-electron chi connectivity index (χ1n) is 8.72. The summed E-state index contributed by atoms with van der Waals surface area (Å²) < 4.78 is 3.49. The minimum absolute atomic E-state index is 0.455. The van der Waals surface area contributed by atoms with Gasteiger partial charge in [0.15, 0.2) is 11.7 Å². The monoisotopic (exact) mass is 390 g/mol. The van der Waals surface area contributed by atoms with Crippen molar-refractivity contribution in [3.8, 4) is 22.4 Å². The number of halogens is 1. The van der Waals surface area contributed by atoms with Crippen molar-refractivity contribution in [1.82, 2.24) is 29.6 Å². The molecule has 1 aliphatic rings. The number of nitrogen functional groups attached to an aromatic ring is 1. The molecule has 1 aromatic carbocycles. The molecule has 3 aromatic heterocycles. The molecule has 0 radical (unpaired) electrons. The molecule has 0 saturated carbocycles. The Morgan fingerprint density at radius 2 is 1.89 bits per heavy atom. The van der Waals surface area contributed by atoms with Crippen molar-refractivity contribution < 1.29 is 0 Å². The summed E-state index contributed by atoms with van der Waals surface area (Å²) in [6.45, 7) is 0. The van der Waals surface area contributed by atoms with E-state index in [0.29, 0.717) is 10.8 Å².